The number of carbonyl (C=O) groups is 1. The number of pyridine rings is 1. The first-order valence-corrected chi connectivity index (χ1v) is 5.20. The Morgan fingerprint density at radius 1 is 1.40 bits per heavy atom. The first kappa shape index (κ1) is 10.0. The van der Waals surface area contributed by atoms with Gasteiger partial charge in [0, 0.05) is 11.9 Å². The van der Waals surface area contributed by atoms with Crippen molar-refractivity contribution in [3.63, 3.8) is 0 Å². The minimum atomic E-state index is -0.0552. The van der Waals surface area contributed by atoms with E-state index in [1.807, 2.05) is 26.8 Å². The lowest BCUT2D eigenvalue weighted by molar-refractivity contribution is 0.0949. The van der Waals surface area contributed by atoms with Gasteiger partial charge in [-0.05, 0) is 31.9 Å². The lowest BCUT2D eigenvalue weighted by Crippen LogP contribution is -2.26. The molecule has 0 bridgehead atoms. The smallest absolute Gasteiger partial charge is 0.175 e. The van der Waals surface area contributed by atoms with Crippen molar-refractivity contribution >= 4 is 17.3 Å². The van der Waals surface area contributed by atoms with Gasteiger partial charge in [0.2, 0.25) is 0 Å². The van der Waals surface area contributed by atoms with Crippen LogP contribution in [0.4, 0.5) is 5.82 Å². The standard InChI is InChI=1S/C12H14N2O/c1-4-9-8(3)14-12-10(11(9)15)7(2)5-6-13-12/h5-6,9H,4H2,1-3H3. The van der Waals surface area contributed by atoms with Crippen LogP contribution in [0.1, 0.15) is 36.2 Å². The number of fused-ring (bicyclic) bond motifs is 1. The maximum absolute atomic E-state index is 12.2. The Labute approximate surface area is 89.3 Å². The van der Waals surface area contributed by atoms with E-state index in [1.165, 1.54) is 0 Å². The van der Waals surface area contributed by atoms with Crippen LogP contribution >= 0.6 is 0 Å². The van der Waals surface area contributed by atoms with Gasteiger partial charge in [-0.15, -0.1) is 0 Å². The summed E-state index contributed by atoms with van der Waals surface area (Å²) >= 11 is 0. The van der Waals surface area contributed by atoms with Crippen LogP contribution in [0, 0.1) is 12.8 Å². The number of Topliss-reactive ketones (excluding diaryl/α,β-unsaturated/α-hetero) is 1. The van der Waals surface area contributed by atoms with E-state index in [0.29, 0.717) is 11.4 Å². The molecule has 0 aromatic carbocycles. The minimum absolute atomic E-state index is 0.0552. The Morgan fingerprint density at radius 3 is 2.80 bits per heavy atom. The lowest BCUT2D eigenvalue weighted by Gasteiger charge is -2.20. The Morgan fingerprint density at radius 2 is 2.13 bits per heavy atom. The summed E-state index contributed by atoms with van der Waals surface area (Å²) in [6.07, 6.45) is 2.51. The van der Waals surface area contributed by atoms with E-state index in [0.717, 1.165) is 17.7 Å². The summed E-state index contributed by atoms with van der Waals surface area (Å²) in [7, 11) is 0. The fourth-order valence-corrected chi connectivity index (χ4v) is 2.02. The van der Waals surface area contributed by atoms with Crippen LogP contribution in [0.2, 0.25) is 0 Å². The topological polar surface area (TPSA) is 42.3 Å². The highest BCUT2D eigenvalue weighted by Crippen LogP contribution is 2.30. The van der Waals surface area contributed by atoms with Crippen LogP contribution in [0.15, 0.2) is 17.3 Å². The molecule has 3 heteroatoms. The number of aryl methyl sites for hydroxylation is 1. The van der Waals surface area contributed by atoms with Crippen molar-refractivity contribution in [2.24, 2.45) is 10.9 Å². The van der Waals surface area contributed by atoms with Crippen molar-refractivity contribution in [2.75, 3.05) is 0 Å². The Hall–Kier alpha value is -1.51. The third-order valence-electron chi connectivity index (χ3n) is 2.90. The minimum Gasteiger partial charge on any atom is -0.293 e. The van der Waals surface area contributed by atoms with Gasteiger partial charge < -0.3 is 0 Å². The molecule has 1 aliphatic heterocycles. The van der Waals surface area contributed by atoms with Crippen LogP contribution in [-0.2, 0) is 0 Å². The van der Waals surface area contributed by atoms with Crippen LogP contribution in [-0.4, -0.2) is 16.5 Å². The average Bonchev–Trinajstić information content (AvgIpc) is 2.17. The molecule has 78 valence electrons. The second-order valence-corrected chi connectivity index (χ2v) is 3.90. The predicted octanol–water partition coefficient (Wildman–Crippen LogP) is 2.70. The Kier molecular flexibility index (Phi) is 2.39. The van der Waals surface area contributed by atoms with Gasteiger partial charge in [0.1, 0.15) is 0 Å². The summed E-state index contributed by atoms with van der Waals surface area (Å²) < 4.78 is 0. The zero-order valence-electron chi connectivity index (χ0n) is 9.24. The zero-order chi connectivity index (χ0) is 11.0. The van der Waals surface area contributed by atoms with Gasteiger partial charge >= 0.3 is 0 Å². The Balaban J connectivity index is 2.63. The molecule has 0 fully saturated rings. The van der Waals surface area contributed by atoms with Gasteiger partial charge in [0.05, 0.1) is 11.5 Å². The third kappa shape index (κ3) is 1.48. The predicted molar refractivity (Wildman–Crippen MR) is 59.9 cm³/mol. The summed E-state index contributed by atoms with van der Waals surface area (Å²) in [6, 6.07) is 1.86. The molecule has 0 aliphatic carbocycles. The normalized spacial score (nSPS) is 19.8. The fourth-order valence-electron chi connectivity index (χ4n) is 2.02. The molecular weight excluding hydrogens is 188 g/mol. The quantitative estimate of drug-likeness (QED) is 0.702. The zero-order valence-corrected chi connectivity index (χ0v) is 9.24. The highest BCUT2D eigenvalue weighted by atomic mass is 16.1. The second kappa shape index (κ2) is 3.57. The number of aromatic nitrogens is 1. The van der Waals surface area contributed by atoms with Crippen molar-refractivity contribution in [1.82, 2.24) is 4.98 Å². The van der Waals surface area contributed by atoms with Gasteiger partial charge in [-0.25, -0.2) is 9.98 Å². The molecule has 2 heterocycles. The van der Waals surface area contributed by atoms with E-state index in [4.69, 9.17) is 0 Å². The molecule has 0 radical (unpaired) electrons. The molecule has 1 aromatic heterocycles. The number of hydrogen-bond acceptors (Lipinski definition) is 3. The molecular formula is C12H14N2O. The SMILES string of the molecule is CCC1C(=O)c2c(C)ccnc2N=C1C. The van der Waals surface area contributed by atoms with Crippen molar-refractivity contribution in [1.29, 1.82) is 0 Å². The maximum Gasteiger partial charge on any atom is 0.175 e. The number of rotatable bonds is 1. The van der Waals surface area contributed by atoms with Gasteiger partial charge in [-0.3, -0.25) is 4.79 Å². The number of ketones is 1. The molecule has 15 heavy (non-hydrogen) atoms. The molecule has 0 saturated carbocycles. The molecule has 0 spiro atoms. The fraction of sp³-hybridized carbons (Fsp3) is 0.417. The first-order valence-electron chi connectivity index (χ1n) is 5.20. The summed E-state index contributed by atoms with van der Waals surface area (Å²) in [5, 5.41) is 0. The summed E-state index contributed by atoms with van der Waals surface area (Å²) in [5.74, 6) is 0.702. The number of carbonyl (C=O) groups excluding carboxylic acids is 1. The summed E-state index contributed by atoms with van der Waals surface area (Å²) in [5.41, 5.74) is 2.56. The van der Waals surface area contributed by atoms with Crippen LogP contribution in [0.25, 0.3) is 0 Å². The molecule has 3 nitrogen and oxygen atoms in total. The highest BCUT2D eigenvalue weighted by Gasteiger charge is 2.29. The number of hydrogen-bond donors (Lipinski definition) is 0. The van der Waals surface area contributed by atoms with Crippen LogP contribution < -0.4 is 0 Å². The molecule has 0 N–H and O–H groups in total. The van der Waals surface area contributed by atoms with Crippen molar-refractivity contribution in [3.05, 3.63) is 23.4 Å². The van der Waals surface area contributed by atoms with Crippen molar-refractivity contribution < 1.29 is 4.79 Å². The highest BCUT2D eigenvalue weighted by molar-refractivity contribution is 6.17. The summed E-state index contributed by atoms with van der Waals surface area (Å²) in [6.45, 7) is 5.85. The van der Waals surface area contributed by atoms with Crippen LogP contribution in [0.3, 0.4) is 0 Å². The largest absolute Gasteiger partial charge is 0.293 e. The molecule has 0 saturated heterocycles. The van der Waals surface area contributed by atoms with Gasteiger partial charge in [0.15, 0.2) is 11.6 Å². The van der Waals surface area contributed by atoms with E-state index in [1.54, 1.807) is 6.20 Å². The van der Waals surface area contributed by atoms with Gasteiger partial charge in [-0.1, -0.05) is 6.92 Å². The first-order chi connectivity index (χ1) is 7.15. The molecule has 1 aromatic rings. The monoisotopic (exact) mass is 202 g/mol. The molecule has 2 rings (SSSR count). The summed E-state index contributed by atoms with van der Waals surface area (Å²) in [4.78, 5) is 20.7. The molecule has 1 atom stereocenters. The molecule has 1 aliphatic rings. The molecule has 1 unspecified atom stereocenters. The van der Waals surface area contributed by atoms with Crippen LogP contribution in [0.5, 0.6) is 0 Å². The van der Waals surface area contributed by atoms with E-state index < -0.39 is 0 Å². The van der Waals surface area contributed by atoms with Crippen molar-refractivity contribution in [3.8, 4) is 0 Å². The van der Waals surface area contributed by atoms with E-state index in [9.17, 15) is 4.79 Å². The third-order valence-corrected chi connectivity index (χ3v) is 2.90. The molecule has 0 amide bonds. The lowest BCUT2D eigenvalue weighted by atomic mass is 9.87. The van der Waals surface area contributed by atoms with Crippen molar-refractivity contribution in [2.45, 2.75) is 27.2 Å². The van der Waals surface area contributed by atoms with E-state index >= 15 is 0 Å². The Bertz CT molecular complexity index is 449. The number of nitrogens with zero attached hydrogens (tertiary/aromatic N) is 2. The van der Waals surface area contributed by atoms with Gasteiger partial charge in [0.25, 0.3) is 0 Å². The van der Waals surface area contributed by atoms with E-state index in [-0.39, 0.29) is 11.7 Å². The number of aliphatic imine (C=N–C) groups is 1. The maximum atomic E-state index is 12.2. The average molecular weight is 202 g/mol. The second-order valence-electron chi connectivity index (χ2n) is 3.90. The van der Waals surface area contributed by atoms with E-state index in [2.05, 4.69) is 9.98 Å². The van der Waals surface area contributed by atoms with Gasteiger partial charge in [-0.2, -0.15) is 0 Å².